The van der Waals surface area contributed by atoms with Crippen molar-refractivity contribution in [3.8, 4) is 0 Å². The zero-order valence-electron chi connectivity index (χ0n) is 17.2. The van der Waals surface area contributed by atoms with Crippen LogP contribution in [0.2, 0.25) is 0 Å². The van der Waals surface area contributed by atoms with Crippen LogP contribution >= 0.6 is 0 Å². The van der Waals surface area contributed by atoms with Crippen molar-refractivity contribution in [3.05, 3.63) is 0 Å². The molecule has 3 fully saturated rings. The number of ketones is 1. The van der Waals surface area contributed by atoms with E-state index in [0.717, 1.165) is 25.7 Å². The highest BCUT2D eigenvalue weighted by atomic mass is 16.3. The molecule has 0 bridgehead atoms. The van der Waals surface area contributed by atoms with Crippen molar-refractivity contribution in [2.24, 2.45) is 28.2 Å². The molecule has 3 nitrogen and oxygen atoms in total. The maximum atomic E-state index is 12.8. The van der Waals surface area contributed by atoms with Crippen molar-refractivity contribution in [1.29, 1.82) is 0 Å². The van der Waals surface area contributed by atoms with E-state index in [-0.39, 0.29) is 17.9 Å². The smallest absolute Gasteiger partial charge is 0.139 e. The first-order chi connectivity index (χ1) is 12.4. The van der Waals surface area contributed by atoms with Gasteiger partial charge in [-0.15, -0.1) is 0 Å². The van der Waals surface area contributed by atoms with Gasteiger partial charge in [-0.05, 0) is 76.0 Å². The number of Topliss-reactive ketones (excluding diaryl/α,β-unsaturated/α-hetero) is 1. The van der Waals surface area contributed by atoms with Crippen molar-refractivity contribution < 1.29 is 9.90 Å². The molecule has 1 N–H and O–H groups in total. The van der Waals surface area contributed by atoms with E-state index < -0.39 is 6.10 Å². The van der Waals surface area contributed by atoms with E-state index in [2.05, 4.69) is 20.8 Å². The Kier molecular flexibility index (Phi) is 6.59. The van der Waals surface area contributed by atoms with Crippen molar-refractivity contribution in [2.75, 3.05) is 0 Å². The summed E-state index contributed by atoms with van der Waals surface area (Å²) in [5.41, 5.74) is 1.72. The van der Waals surface area contributed by atoms with Crippen LogP contribution in [0.4, 0.5) is 0 Å². The van der Waals surface area contributed by atoms with Gasteiger partial charge >= 0.3 is 0 Å². The predicted molar refractivity (Wildman–Crippen MR) is 108 cm³/mol. The number of carbonyl (C=O) groups excluding carboxylic acids is 1. The first-order valence-corrected chi connectivity index (χ1v) is 11.1. The zero-order chi connectivity index (χ0) is 18.7. The number of aliphatic imine (C=N–C) groups is 1. The highest BCUT2D eigenvalue weighted by Crippen LogP contribution is 2.39. The van der Waals surface area contributed by atoms with Gasteiger partial charge in [-0.3, -0.25) is 9.79 Å². The fourth-order valence-electron chi connectivity index (χ4n) is 5.44. The molecule has 3 aliphatic rings. The van der Waals surface area contributed by atoms with Crippen LogP contribution in [0.1, 0.15) is 97.8 Å². The highest BCUT2D eigenvalue weighted by molar-refractivity contribution is 5.85. The maximum Gasteiger partial charge on any atom is 0.139 e. The molecule has 0 aromatic rings. The zero-order valence-corrected chi connectivity index (χ0v) is 17.2. The van der Waals surface area contributed by atoms with E-state index in [0.29, 0.717) is 23.5 Å². The molecule has 0 aromatic heterocycles. The van der Waals surface area contributed by atoms with E-state index in [4.69, 9.17) is 4.99 Å². The lowest BCUT2D eigenvalue weighted by Gasteiger charge is -2.36. The number of nitrogens with zero attached hydrogens (tertiary/aromatic N) is 1. The lowest BCUT2D eigenvalue weighted by Crippen LogP contribution is -2.38. The summed E-state index contributed by atoms with van der Waals surface area (Å²) in [6.45, 7) is 6.89. The summed E-state index contributed by atoms with van der Waals surface area (Å²) in [5.74, 6) is 1.39. The molecular formula is C23H39NO2. The van der Waals surface area contributed by atoms with Gasteiger partial charge in [0.1, 0.15) is 5.78 Å². The largest absolute Gasteiger partial charge is 0.391 e. The first-order valence-electron chi connectivity index (χ1n) is 11.1. The molecule has 0 saturated heterocycles. The average Bonchev–Trinajstić information content (AvgIpc) is 2.63. The fraction of sp³-hybridized carbons (Fsp3) is 0.913. The maximum absolute atomic E-state index is 12.8. The molecule has 0 amide bonds. The topological polar surface area (TPSA) is 49.7 Å². The van der Waals surface area contributed by atoms with Crippen molar-refractivity contribution in [1.82, 2.24) is 0 Å². The standard InChI is InChI=1S/C23H39NO2/c1-16(17-11-13-23(2,3)14-12-17)24-20-10-9-19(15-21(20)25)22(26)18-7-5-4-6-8-18/h17-21,25H,4-15H2,1-3H3. The Hall–Kier alpha value is -0.700. The molecule has 0 radical (unpaired) electrons. The Balaban J connectivity index is 1.52. The molecule has 148 valence electrons. The van der Waals surface area contributed by atoms with Gasteiger partial charge in [-0.2, -0.15) is 0 Å². The first kappa shape index (κ1) is 20.0. The van der Waals surface area contributed by atoms with Crippen LogP contribution in [0.5, 0.6) is 0 Å². The van der Waals surface area contributed by atoms with Gasteiger partial charge in [0.2, 0.25) is 0 Å². The lowest BCUT2D eigenvalue weighted by atomic mass is 9.72. The van der Waals surface area contributed by atoms with Gasteiger partial charge in [-0.1, -0.05) is 33.1 Å². The van der Waals surface area contributed by atoms with Crippen LogP contribution < -0.4 is 0 Å². The van der Waals surface area contributed by atoms with E-state index in [1.165, 1.54) is 50.7 Å². The molecule has 3 rings (SSSR count). The Bertz CT molecular complexity index is 508. The molecule has 3 saturated carbocycles. The summed E-state index contributed by atoms with van der Waals surface area (Å²) < 4.78 is 0. The molecule has 3 atom stereocenters. The second-order valence-electron chi connectivity index (χ2n) is 10.1. The molecular weight excluding hydrogens is 322 g/mol. The number of hydrogen-bond donors (Lipinski definition) is 1. The Morgan fingerprint density at radius 3 is 2.15 bits per heavy atom. The monoisotopic (exact) mass is 361 g/mol. The Morgan fingerprint density at radius 2 is 1.54 bits per heavy atom. The minimum Gasteiger partial charge on any atom is -0.391 e. The molecule has 3 aliphatic carbocycles. The predicted octanol–water partition coefficient (Wildman–Crippen LogP) is 5.34. The molecule has 0 heterocycles. The number of aliphatic hydroxyl groups is 1. The van der Waals surface area contributed by atoms with E-state index >= 15 is 0 Å². The molecule has 3 unspecified atom stereocenters. The van der Waals surface area contributed by atoms with Crippen LogP contribution in [-0.2, 0) is 4.79 Å². The SMILES string of the molecule is CC(=NC1CCC(C(=O)C2CCCCC2)CC1O)C1CCC(C)(C)CC1. The van der Waals surface area contributed by atoms with Gasteiger partial charge < -0.3 is 5.11 Å². The summed E-state index contributed by atoms with van der Waals surface area (Å²) in [6.07, 6.45) is 12.8. The molecule has 26 heavy (non-hydrogen) atoms. The van der Waals surface area contributed by atoms with Crippen molar-refractivity contribution in [3.63, 3.8) is 0 Å². The minimum absolute atomic E-state index is 0.0142. The summed E-state index contributed by atoms with van der Waals surface area (Å²) in [6, 6.07) is 0.0142. The number of rotatable bonds is 4. The Morgan fingerprint density at radius 1 is 0.885 bits per heavy atom. The van der Waals surface area contributed by atoms with Crippen LogP contribution in [0.25, 0.3) is 0 Å². The summed E-state index contributed by atoms with van der Waals surface area (Å²) in [4.78, 5) is 17.7. The van der Waals surface area contributed by atoms with E-state index in [1.807, 2.05) is 0 Å². The summed E-state index contributed by atoms with van der Waals surface area (Å²) in [7, 11) is 0. The average molecular weight is 362 g/mol. The van der Waals surface area contributed by atoms with Gasteiger partial charge in [0.15, 0.2) is 0 Å². The molecule has 0 spiro atoms. The molecule has 3 heteroatoms. The van der Waals surface area contributed by atoms with Crippen molar-refractivity contribution >= 4 is 11.5 Å². The summed E-state index contributed by atoms with van der Waals surface area (Å²) >= 11 is 0. The second kappa shape index (κ2) is 8.54. The van der Waals surface area contributed by atoms with Crippen LogP contribution in [0, 0.1) is 23.2 Å². The number of aliphatic hydroxyl groups excluding tert-OH is 1. The van der Waals surface area contributed by atoms with Crippen LogP contribution in [0.15, 0.2) is 4.99 Å². The van der Waals surface area contributed by atoms with Gasteiger partial charge in [0.25, 0.3) is 0 Å². The van der Waals surface area contributed by atoms with Crippen LogP contribution in [-0.4, -0.2) is 28.7 Å². The van der Waals surface area contributed by atoms with Gasteiger partial charge in [-0.25, -0.2) is 0 Å². The highest BCUT2D eigenvalue weighted by Gasteiger charge is 2.36. The quantitative estimate of drug-likeness (QED) is 0.687. The Labute approximate surface area is 160 Å². The van der Waals surface area contributed by atoms with Gasteiger partial charge in [0.05, 0.1) is 12.1 Å². The third-order valence-electron chi connectivity index (χ3n) is 7.49. The number of hydrogen-bond acceptors (Lipinski definition) is 3. The van der Waals surface area contributed by atoms with E-state index in [9.17, 15) is 9.90 Å². The molecule has 0 aromatic carbocycles. The third-order valence-corrected chi connectivity index (χ3v) is 7.49. The van der Waals surface area contributed by atoms with Crippen LogP contribution in [0.3, 0.4) is 0 Å². The minimum atomic E-state index is -0.434. The normalized spacial score (nSPS) is 34.6. The number of carbonyl (C=O) groups is 1. The lowest BCUT2D eigenvalue weighted by molar-refractivity contribution is -0.130. The van der Waals surface area contributed by atoms with Crippen molar-refractivity contribution in [2.45, 2.75) is 110 Å². The second-order valence-corrected chi connectivity index (χ2v) is 10.1. The molecule has 0 aliphatic heterocycles. The van der Waals surface area contributed by atoms with E-state index in [1.54, 1.807) is 0 Å². The third kappa shape index (κ3) is 4.97. The van der Waals surface area contributed by atoms with Gasteiger partial charge in [0, 0.05) is 17.5 Å². The fourth-order valence-corrected chi connectivity index (χ4v) is 5.44. The summed E-state index contributed by atoms with van der Waals surface area (Å²) in [5, 5.41) is 10.7.